The lowest BCUT2D eigenvalue weighted by molar-refractivity contribution is -0.127. The highest BCUT2D eigenvalue weighted by Crippen LogP contribution is 2.70. The molecule has 1 aromatic carbocycles. The van der Waals surface area contributed by atoms with E-state index in [1.54, 1.807) is 12.1 Å². The fourth-order valence-electron chi connectivity index (χ4n) is 2.84. The molecule has 0 aliphatic heterocycles. The normalized spacial score (nSPS) is 27.1. The lowest BCUT2D eigenvalue weighted by Gasteiger charge is -2.20. The van der Waals surface area contributed by atoms with Crippen LogP contribution < -0.4 is 10.1 Å². The van der Waals surface area contributed by atoms with E-state index in [2.05, 4.69) is 5.32 Å². The number of amides is 1. The van der Waals surface area contributed by atoms with Crippen molar-refractivity contribution < 1.29 is 13.9 Å². The summed E-state index contributed by atoms with van der Waals surface area (Å²) in [4.78, 5) is 12.5. The Bertz CT molecular complexity index is 550. The smallest absolute Gasteiger partial charge is 0.229 e. The molecule has 122 valence electrons. The number of hydrogen-bond donors (Lipinski definition) is 1. The van der Waals surface area contributed by atoms with Crippen LogP contribution >= 0.6 is 23.2 Å². The molecule has 1 aromatic rings. The molecule has 6 heteroatoms. The van der Waals surface area contributed by atoms with Crippen LogP contribution in [0.3, 0.4) is 0 Å². The SMILES string of the molecule is CC[C@]1(C(=O)N[C@H](C)COc2ccc(F)cc2)C(C)C1(Cl)Cl. The van der Waals surface area contributed by atoms with Crippen LogP contribution in [0.1, 0.15) is 27.2 Å². The van der Waals surface area contributed by atoms with Crippen molar-refractivity contribution in [3.63, 3.8) is 0 Å². The van der Waals surface area contributed by atoms with E-state index in [-0.39, 0.29) is 30.3 Å². The summed E-state index contributed by atoms with van der Waals surface area (Å²) in [6.45, 7) is 5.90. The Morgan fingerprint density at radius 1 is 1.41 bits per heavy atom. The van der Waals surface area contributed by atoms with Gasteiger partial charge >= 0.3 is 0 Å². The number of rotatable bonds is 6. The summed E-state index contributed by atoms with van der Waals surface area (Å²) in [5, 5.41) is 2.89. The molecule has 1 aliphatic carbocycles. The van der Waals surface area contributed by atoms with Gasteiger partial charge in [-0.2, -0.15) is 0 Å². The average molecular weight is 348 g/mol. The van der Waals surface area contributed by atoms with E-state index in [9.17, 15) is 9.18 Å². The summed E-state index contributed by atoms with van der Waals surface area (Å²) in [6.07, 6.45) is 0.582. The fraction of sp³-hybridized carbons (Fsp3) is 0.562. The molecule has 2 rings (SSSR count). The zero-order valence-corrected chi connectivity index (χ0v) is 14.3. The van der Waals surface area contributed by atoms with Gasteiger partial charge in [-0.25, -0.2) is 4.39 Å². The third kappa shape index (κ3) is 2.91. The summed E-state index contributed by atoms with van der Waals surface area (Å²) in [6, 6.07) is 5.53. The topological polar surface area (TPSA) is 38.3 Å². The van der Waals surface area contributed by atoms with Crippen molar-refractivity contribution in [1.82, 2.24) is 5.32 Å². The van der Waals surface area contributed by atoms with Gasteiger partial charge in [0.05, 0.1) is 11.5 Å². The molecule has 3 atom stereocenters. The Morgan fingerprint density at radius 2 is 1.95 bits per heavy atom. The molecule has 1 fully saturated rings. The first-order chi connectivity index (χ1) is 10.3. The number of alkyl halides is 2. The van der Waals surface area contributed by atoms with Gasteiger partial charge in [-0.15, -0.1) is 23.2 Å². The van der Waals surface area contributed by atoms with E-state index < -0.39 is 9.75 Å². The van der Waals surface area contributed by atoms with E-state index in [0.29, 0.717) is 12.2 Å². The van der Waals surface area contributed by atoms with Crippen LogP contribution in [0.2, 0.25) is 0 Å². The van der Waals surface area contributed by atoms with Crippen LogP contribution in [-0.2, 0) is 4.79 Å². The van der Waals surface area contributed by atoms with Gasteiger partial charge in [0.15, 0.2) is 0 Å². The van der Waals surface area contributed by atoms with Crippen LogP contribution in [0.25, 0.3) is 0 Å². The largest absolute Gasteiger partial charge is 0.491 e. The van der Waals surface area contributed by atoms with Gasteiger partial charge in [-0.1, -0.05) is 13.8 Å². The van der Waals surface area contributed by atoms with Crippen LogP contribution in [0.4, 0.5) is 4.39 Å². The van der Waals surface area contributed by atoms with Gasteiger partial charge in [0.2, 0.25) is 5.91 Å². The first-order valence-corrected chi connectivity index (χ1v) is 8.08. The number of nitrogens with one attached hydrogen (secondary N) is 1. The van der Waals surface area contributed by atoms with Gasteiger partial charge in [-0.3, -0.25) is 4.79 Å². The lowest BCUT2D eigenvalue weighted by atomic mass is 9.99. The van der Waals surface area contributed by atoms with Crippen molar-refractivity contribution in [2.45, 2.75) is 37.6 Å². The molecule has 22 heavy (non-hydrogen) atoms. The van der Waals surface area contributed by atoms with Crippen molar-refractivity contribution in [2.24, 2.45) is 11.3 Å². The molecule has 0 spiro atoms. The summed E-state index contributed by atoms with van der Waals surface area (Å²) < 4.78 is 17.3. The molecule has 0 saturated heterocycles. The Labute approximate surface area is 140 Å². The van der Waals surface area contributed by atoms with Crippen molar-refractivity contribution in [2.75, 3.05) is 6.61 Å². The first-order valence-electron chi connectivity index (χ1n) is 7.32. The van der Waals surface area contributed by atoms with Crippen molar-refractivity contribution in [3.8, 4) is 5.75 Å². The zero-order valence-electron chi connectivity index (χ0n) is 12.8. The molecular weight excluding hydrogens is 328 g/mol. The monoisotopic (exact) mass is 347 g/mol. The minimum absolute atomic E-state index is 0.0847. The highest BCUT2D eigenvalue weighted by atomic mass is 35.5. The number of benzene rings is 1. The molecule has 0 radical (unpaired) electrons. The highest BCUT2D eigenvalue weighted by molar-refractivity contribution is 6.53. The minimum Gasteiger partial charge on any atom is -0.491 e. The molecule has 0 heterocycles. The fourth-order valence-corrected chi connectivity index (χ4v) is 3.87. The number of carbonyl (C=O) groups is 1. The summed E-state index contributed by atoms with van der Waals surface area (Å²) in [7, 11) is 0. The van der Waals surface area contributed by atoms with Crippen LogP contribution in [0.15, 0.2) is 24.3 Å². The molecule has 1 saturated carbocycles. The predicted molar refractivity (Wildman–Crippen MR) is 85.8 cm³/mol. The van der Waals surface area contributed by atoms with E-state index >= 15 is 0 Å². The maximum absolute atomic E-state index is 12.8. The third-order valence-corrected chi connectivity index (χ3v) is 5.78. The maximum Gasteiger partial charge on any atom is 0.229 e. The summed E-state index contributed by atoms with van der Waals surface area (Å²) in [5.41, 5.74) is -0.736. The number of hydrogen-bond acceptors (Lipinski definition) is 2. The summed E-state index contributed by atoms with van der Waals surface area (Å²) >= 11 is 12.4. The lowest BCUT2D eigenvalue weighted by Crippen LogP contribution is -2.43. The molecule has 0 bridgehead atoms. The van der Waals surface area contributed by atoms with Gasteiger partial charge in [0.1, 0.15) is 22.5 Å². The minimum atomic E-state index is -1.01. The quantitative estimate of drug-likeness (QED) is 0.791. The van der Waals surface area contributed by atoms with Crippen LogP contribution in [0, 0.1) is 17.2 Å². The van der Waals surface area contributed by atoms with Gasteiger partial charge < -0.3 is 10.1 Å². The van der Waals surface area contributed by atoms with E-state index in [1.165, 1.54) is 12.1 Å². The molecule has 1 unspecified atom stereocenters. The Hall–Kier alpha value is -1.00. The summed E-state index contributed by atoms with van der Waals surface area (Å²) in [5.74, 6) is -0.000316. The first kappa shape index (κ1) is 17.4. The van der Waals surface area contributed by atoms with Crippen molar-refractivity contribution in [3.05, 3.63) is 30.1 Å². The Morgan fingerprint density at radius 3 is 2.41 bits per heavy atom. The van der Waals surface area contributed by atoms with E-state index in [1.807, 2.05) is 20.8 Å². The number of carbonyl (C=O) groups excluding carboxylic acids is 1. The van der Waals surface area contributed by atoms with Crippen LogP contribution in [0.5, 0.6) is 5.75 Å². The average Bonchev–Trinajstić information content (AvgIpc) is 2.92. The molecule has 1 N–H and O–H groups in total. The number of halogens is 3. The predicted octanol–water partition coefficient (Wildman–Crippen LogP) is 3.93. The Kier molecular flexibility index (Phi) is 4.93. The van der Waals surface area contributed by atoms with Gasteiger partial charge in [-0.05, 0) is 37.6 Å². The number of ether oxygens (including phenoxy) is 1. The second-order valence-electron chi connectivity index (χ2n) is 5.81. The van der Waals surface area contributed by atoms with Crippen LogP contribution in [-0.4, -0.2) is 22.9 Å². The van der Waals surface area contributed by atoms with Gasteiger partial charge in [0, 0.05) is 5.92 Å². The molecule has 3 nitrogen and oxygen atoms in total. The maximum atomic E-state index is 12.8. The zero-order chi connectivity index (χ0) is 16.5. The second kappa shape index (κ2) is 6.25. The standard InChI is InChI=1S/C16H20Cl2FNO2/c1-4-15(11(3)16(15,17)18)14(21)20-10(2)9-22-13-7-5-12(19)6-8-13/h5-8,10-11H,4,9H2,1-3H3,(H,20,21)/t10-,11?,15-/m1/s1. The van der Waals surface area contributed by atoms with Gasteiger partial charge in [0.25, 0.3) is 0 Å². The molecule has 0 aromatic heterocycles. The molecule has 1 aliphatic rings. The van der Waals surface area contributed by atoms with E-state index in [0.717, 1.165) is 0 Å². The molecular formula is C16H20Cl2FNO2. The Balaban J connectivity index is 1.88. The van der Waals surface area contributed by atoms with Crippen molar-refractivity contribution in [1.29, 1.82) is 0 Å². The molecule has 1 amide bonds. The highest BCUT2D eigenvalue weighted by Gasteiger charge is 2.76. The second-order valence-corrected chi connectivity index (χ2v) is 7.19. The van der Waals surface area contributed by atoms with Crippen molar-refractivity contribution >= 4 is 29.1 Å². The van der Waals surface area contributed by atoms with E-state index in [4.69, 9.17) is 27.9 Å². The third-order valence-electron chi connectivity index (χ3n) is 4.45.